The highest BCUT2D eigenvalue weighted by Crippen LogP contribution is 2.53. The summed E-state index contributed by atoms with van der Waals surface area (Å²) in [5.74, 6) is -1.52. The molecule has 1 unspecified atom stereocenters. The molecule has 8 heteroatoms. The Morgan fingerprint density at radius 1 is 1.06 bits per heavy atom. The van der Waals surface area contributed by atoms with Crippen molar-refractivity contribution in [2.75, 3.05) is 46.1 Å². The average molecular weight is 442 g/mol. The summed E-state index contributed by atoms with van der Waals surface area (Å²) < 4.78 is 15.9. The maximum Gasteiger partial charge on any atom is 0.356 e. The van der Waals surface area contributed by atoms with Crippen LogP contribution in [0.5, 0.6) is 0 Å². The lowest BCUT2D eigenvalue weighted by molar-refractivity contribution is -0.181. The molecule has 3 rings (SSSR count). The molecule has 0 amide bonds. The van der Waals surface area contributed by atoms with Crippen LogP contribution in [0.1, 0.15) is 33.3 Å². The van der Waals surface area contributed by atoms with Crippen LogP contribution in [0.15, 0.2) is 41.6 Å². The van der Waals surface area contributed by atoms with Gasteiger partial charge in [-0.1, -0.05) is 30.3 Å². The predicted molar refractivity (Wildman–Crippen MR) is 117 cm³/mol. The Bertz CT molecular complexity index is 915. The van der Waals surface area contributed by atoms with E-state index < -0.39 is 23.0 Å². The molecule has 0 radical (unpaired) electrons. The summed E-state index contributed by atoms with van der Waals surface area (Å²) in [6.07, 6.45) is 0. The van der Waals surface area contributed by atoms with Gasteiger partial charge in [-0.2, -0.15) is 5.26 Å². The zero-order valence-corrected chi connectivity index (χ0v) is 19.2. The summed E-state index contributed by atoms with van der Waals surface area (Å²) in [6, 6.07) is 12.0. The molecule has 8 nitrogen and oxygen atoms in total. The lowest BCUT2D eigenvalue weighted by Crippen LogP contribution is -2.80. The van der Waals surface area contributed by atoms with Crippen molar-refractivity contribution in [2.45, 2.75) is 38.8 Å². The molecule has 0 spiro atoms. The Hall–Kier alpha value is -2.89. The fraction of sp³-hybridized carbons (Fsp3) is 0.542. The second-order valence-electron chi connectivity index (χ2n) is 8.25. The number of nitrogens with zero attached hydrogens (tertiary/aromatic N) is 3. The van der Waals surface area contributed by atoms with Crippen LogP contribution in [0, 0.1) is 11.3 Å². The highest BCUT2D eigenvalue weighted by Gasteiger charge is 2.64. The molecule has 172 valence electrons. The molecule has 0 N–H and O–H groups in total. The van der Waals surface area contributed by atoms with Gasteiger partial charge in [-0.3, -0.25) is 4.90 Å². The van der Waals surface area contributed by atoms with Crippen molar-refractivity contribution in [3.05, 3.63) is 47.2 Å². The molecule has 2 saturated heterocycles. The van der Waals surface area contributed by atoms with E-state index in [1.54, 1.807) is 13.8 Å². The number of carbonyl (C=O) groups excluding carboxylic acids is 2. The number of likely N-dealkylation sites (tertiary alicyclic amines) is 1. The third-order valence-corrected chi connectivity index (χ3v) is 6.44. The standard InChI is InChI=1S/C24H31N3O5/c1-5-31-21(28)19(16-25)20(22(29)32-6-2)27-17-24(23(27,3)4,18-10-8-7-9-11-18)26-12-14-30-15-13-26/h7-11H,5-6,12-15,17H2,1-4H3/b20-19+. The van der Waals surface area contributed by atoms with Crippen LogP contribution in [0.25, 0.3) is 0 Å². The van der Waals surface area contributed by atoms with Crippen LogP contribution in [-0.4, -0.2) is 73.3 Å². The molecule has 0 aliphatic carbocycles. The molecule has 0 bridgehead atoms. The van der Waals surface area contributed by atoms with E-state index in [9.17, 15) is 14.9 Å². The van der Waals surface area contributed by atoms with E-state index in [0.717, 1.165) is 18.7 Å². The average Bonchev–Trinajstić information content (AvgIpc) is 2.79. The smallest absolute Gasteiger partial charge is 0.356 e. The van der Waals surface area contributed by atoms with Gasteiger partial charge in [-0.25, -0.2) is 9.59 Å². The highest BCUT2D eigenvalue weighted by molar-refractivity contribution is 6.03. The summed E-state index contributed by atoms with van der Waals surface area (Å²) in [6.45, 7) is 10.8. The number of hydrogen-bond donors (Lipinski definition) is 0. The van der Waals surface area contributed by atoms with Crippen molar-refractivity contribution < 1.29 is 23.8 Å². The van der Waals surface area contributed by atoms with Crippen LogP contribution < -0.4 is 0 Å². The topological polar surface area (TPSA) is 92.1 Å². The number of morpholine rings is 1. The number of ether oxygens (including phenoxy) is 3. The minimum Gasteiger partial charge on any atom is -0.462 e. The van der Waals surface area contributed by atoms with Crippen LogP contribution in [0.4, 0.5) is 0 Å². The third kappa shape index (κ3) is 3.87. The van der Waals surface area contributed by atoms with Gasteiger partial charge in [-0.15, -0.1) is 0 Å². The van der Waals surface area contributed by atoms with Crippen molar-refractivity contribution in [1.29, 1.82) is 5.26 Å². The Balaban J connectivity index is 2.12. The van der Waals surface area contributed by atoms with Gasteiger partial charge in [0.2, 0.25) is 0 Å². The number of hydrogen-bond acceptors (Lipinski definition) is 8. The Labute approximate surface area is 189 Å². The van der Waals surface area contributed by atoms with Crippen molar-refractivity contribution in [3.8, 4) is 6.07 Å². The van der Waals surface area contributed by atoms with E-state index in [-0.39, 0.29) is 24.5 Å². The molecule has 0 aromatic heterocycles. The lowest BCUT2D eigenvalue weighted by atomic mass is 9.63. The molecule has 2 fully saturated rings. The predicted octanol–water partition coefficient (Wildman–Crippen LogP) is 2.21. The third-order valence-electron chi connectivity index (χ3n) is 6.44. The largest absolute Gasteiger partial charge is 0.462 e. The first-order valence-corrected chi connectivity index (χ1v) is 11.0. The maximum atomic E-state index is 13.0. The van der Waals surface area contributed by atoms with Gasteiger partial charge in [0, 0.05) is 19.6 Å². The summed E-state index contributed by atoms with van der Waals surface area (Å²) in [5, 5.41) is 9.78. The molecule has 2 aliphatic rings. The Morgan fingerprint density at radius 2 is 1.66 bits per heavy atom. The van der Waals surface area contributed by atoms with Crippen molar-refractivity contribution in [1.82, 2.24) is 9.80 Å². The quantitative estimate of drug-likeness (QED) is 0.361. The zero-order chi connectivity index (χ0) is 23.4. The minimum atomic E-state index is -0.822. The number of benzene rings is 1. The number of nitriles is 1. The second-order valence-corrected chi connectivity index (χ2v) is 8.25. The first kappa shape index (κ1) is 23.8. The number of rotatable bonds is 7. The molecule has 32 heavy (non-hydrogen) atoms. The van der Waals surface area contributed by atoms with Gasteiger partial charge in [0.05, 0.1) is 37.5 Å². The van der Waals surface area contributed by atoms with E-state index in [4.69, 9.17) is 14.2 Å². The van der Waals surface area contributed by atoms with E-state index in [0.29, 0.717) is 19.8 Å². The highest BCUT2D eigenvalue weighted by atomic mass is 16.5. The number of carbonyl (C=O) groups is 2. The van der Waals surface area contributed by atoms with Gasteiger partial charge in [0.25, 0.3) is 0 Å². The first-order valence-electron chi connectivity index (χ1n) is 11.0. The Kier molecular flexibility index (Phi) is 7.22. The van der Waals surface area contributed by atoms with Crippen LogP contribution >= 0.6 is 0 Å². The molecule has 1 aromatic rings. The van der Waals surface area contributed by atoms with Crippen LogP contribution in [0.3, 0.4) is 0 Å². The summed E-state index contributed by atoms with van der Waals surface area (Å²) in [7, 11) is 0. The zero-order valence-electron chi connectivity index (χ0n) is 19.2. The summed E-state index contributed by atoms with van der Waals surface area (Å²) in [4.78, 5) is 29.7. The second kappa shape index (κ2) is 9.72. The number of esters is 2. The molecule has 2 heterocycles. The maximum absolute atomic E-state index is 13.0. The summed E-state index contributed by atoms with van der Waals surface area (Å²) >= 11 is 0. The fourth-order valence-electron chi connectivity index (χ4n) is 4.83. The molecule has 0 saturated carbocycles. The monoisotopic (exact) mass is 441 g/mol. The van der Waals surface area contributed by atoms with Gasteiger partial charge < -0.3 is 19.1 Å². The molecular formula is C24H31N3O5. The van der Waals surface area contributed by atoms with Gasteiger partial charge in [0.15, 0.2) is 5.57 Å². The Morgan fingerprint density at radius 3 is 2.19 bits per heavy atom. The van der Waals surface area contributed by atoms with Gasteiger partial charge >= 0.3 is 11.9 Å². The van der Waals surface area contributed by atoms with Crippen LogP contribution in [-0.2, 0) is 29.3 Å². The lowest BCUT2D eigenvalue weighted by Gasteiger charge is -2.69. The SMILES string of the molecule is CCOC(=O)/C(C#N)=C(\C(=O)OCC)N1CC(c2ccccc2)(N2CCOCC2)C1(C)C. The van der Waals surface area contributed by atoms with E-state index in [1.165, 1.54) is 0 Å². The van der Waals surface area contributed by atoms with E-state index >= 15 is 0 Å². The van der Waals surface area contributed by atoms with Crippen molar-refractivity contribution in [3.63, 3.8) is 0 Å². The fourth-order valence-corrected chi connectivity index (χ4v) is 4.83. The van der Waals surface area contributed by atoms with E-state index in [1.807, 2.05) is 43.0 Å². The first-order chi connectivity index (χ1) is 15.3. The summed E-state index contributed by atoms with van der Waals surface area (Å²) in [5.41, 5.74) is -0.339. The van der Waals surface area contributed by atoms with Crippen LogP contribution in [0.2, 0.25) is 0 Å². The van der Waals surface area contributed by atoms with Crippen molar-refractivity contribution >= 4 is 11.9 Å². The molecule has 2 aliphatic heterocycles. The van der Waals surface area contributed by atoms with E-state index in [2.05, 4.69) is 17.0 Å². The molecular weight excluding hydrogens is 410 g/mol. The molecule has 1 atom stereocenters. The molecule has 1 aromatic carbocycles. The van der Waals surface area contributed by atoms with Gasteiger partial charge in [-0.05, 0) is 33.3 Å². The minimum absolute atomic E-state index is 0.0439. The van der Waals surface area contributed by atoms with Gasteiger partial charge in [0.1, 0.15) is 11.8 Å². The normalized spacial score (nSPS) is 23.4. The van der Waals surface area contributed by atoms with Crippen molar-refractivity contribution in [2.24, 2.45) is 0 Å².